The number of aromatic nitrogens is 2. The molecular formula is C16H16N4O4. The average molecular weight is 328 g/mol. The third-order valence-electron chi connectivity index (χ3n) is 4.09. The molecule has 8 heteroatoms. The van der Waals surface area contributed by atoms with Crippen LogP contribution in [0.4, 0.5) is 0 Å². The standard InChI is InChI=1S/C16H16N4O4/c1-9-18-11-4-2-3-10(7-17-8-21)14(11)16(24)20(9)12-5-6-13(22)19-15(12)23/h2-4,8,12H,5-7H2,1H3,(H,17,21)(H,19,22,23). The number of fused-ring (bicyclic) bond motifs is 1. The fourth-order valence-electron chi connectivity index (χ4n) is 3.02. The molecule has 2 aromatic rings. The topological polar surface area (TPSA) is 110 Å². The Hall–Kier alpha value is -3.03. The fourth-order valence-corrected chi connectivity index (χ4v) is 3.02. The van der Waals surface area contributed by atoms with Crippen molar-refractivity contribution in [1.29, 1.82) is 0 Å². The van der Waals surface area contributed by atoms with Gasteiger partial charge >= 0.3 is 0 Å². The third kappa shape index (κ3) is 2.66. The maximum absolute atomic E-state index is 13.0. The molecule has 124 valence electrons. The fraction of sp³-hybridized carbons (Fsp3) is 0.312. The molecule has 0 saturated carbocycles. The Bertz CT molecular complexity index is 903. The van der Waals surface area contributed by atoms with Crippen molar-refractivity contribution in [1.82, 2.24) is 20.2 Å². The molecule has 0 bridgehead atoms. The number of amides is 3. The molecule has 1 aliphatic heterocycles. The van der Waals surface area contributed by atoms with Crippen molar-refractivity contribution in [3.63, 3.8) is 0 Å². The Kier molecular flexibility index (Phi) is 4.11. The predicted molar refractivity (Wildman–Crippen MR) is 85.1 cm³/mol. The van der Waals surface area contributed by atoms with E-state index in [-0.39, 0.29) is 30.9 Å². The lowest BCUT2D eigenvalue weighted by Gasteiger charge is -2.24. The number of aryl methyl sites for hydroxylation is 1. The molecule has 1 saturated heterocycles. The summed E-state index contributed by atoms with van der Waals surface area (Å²) in [4.78, 5) is 51.4. The molecule has 0 radical (unpaired) electrons. The number of imide groups is 1. The van der Waals surface area contributed by atoms with E-state index >= 15 is 0 Å². The summed E-state index contributed by atoms with van der Waals surface area (Å²) < 4.78 is 1.33. The predicted octanol–water partition coefficient (Wildman–Crippen LogP) is -0.0714. The van der Waals surface area contributed by atoms with Crippen molar-refractivity contribution >= 4 is 29.1 Å². The number of hydrogen-bond acceptors (Lipinski definition) is 5. The second-order valence-corrected chi connectivity index (χ2v) is 5.61. The van der Waals surface area contributed by atoms with Gasteiger partial charge in [-0.3, -0.25) is 29.1 Å². The van der Waals surface area contributed by atoms with E-state index in [1.807, 2.05) is 0 Å². The molecule has 1 atom stereocenters. The molecule has 0 spiro atoms. The Labute approximate surface area is 136 Å². The quantitative estimate of drug-likeness (QED) is 0.603. The van der Waals surface area contributed by atoms with E-state index in [2.05, 4.69) is 15.6 Å². The molecular weight excluding hydrogens is 312 g/mol. The molecule has 2 heterocycles. The molecule has 8 nitrogen and oxygen atoms in total. The highest BCUT2D eigenvalue weighted by atomic mass is 16.2. The minimum atomic E-state index is -0.765. The maximum atomic E-state index is 13.0. The van der Waals surface area contributed by atoms with Crippen molar-refractivity contribution < 1.29 is 14.4 Å². The summed E-state index contributed by atoms with van der Waals surface area (Å²) in [5.41, 5.74) is 0.777. The van der Waals surface area contributed by atoms with Crippen LogP contribution in [0.15, 0.2) is 23.0 Å². The molecule has 1 aliphatic rings. The number of rotatable bonds is 4. The van der Waals surface area contributed by atoms with Gasteiger partial charge in [0, 0.05) is 13.0 Å². The monoisotopic (exact) mass is 328 g/mol. The first-order valence-corrected chi connectivity index (χ1v) is 7.54. The molecule has 3 amide bonds. The average Bonchev–Trinajstić information content (AvgIpc) is 2.54. The molecule has 0 aliphatic carbocycles. The molecule has 24 heavy (non-hydrogen) atoms. The highest BCUT2D eigenvalue weighted by Crippen LogP contribution is 2.21. The molecule has 1 unspecified atom stereocenters. The van der Waals surface area contributed by atoms with Gasteiger partial charge in [-0.15, -0.1) is 0 Å². The minimum absolute atomic E-state index is 0.175. The molecule has 2 N–H and O–H groups in total. The first kappa shape index (κ1) is 15.9. The van der Waals surface area contributed by atoms with E-state index < -0.39 is 11.9 Å². The Morgan fingerprint density at radius 2 is 2.17 bits per heavy atom. The van der Waals surface area contributed by atoms with Gasteiger partial charge in [0.15, 0.2) is 0 Å². The van der Waals surface area contributed by atoms with Crippen LogP contribution in [0.25, 0.3) is 10.9 Å². The highest BCUT2D eigenvalue weighted by Gasteiger charge is 2.30. The van der Waals surface area contributed by atoms with Gasteiger partial charge in [-0.1, -0.05) is 12.1 Å². The SMILES string of the molecule is Cc1nc2cccc(CNC=O)c2c(=O)n1C1CCC(=O)NC1=O. The first-order valence-electron chi connectivity index (χ1n) is 7.54. The second kappa shape index (κ2) is 6.23. The van der Waals surface area contributed by atoms with Crippen LogP contribution in [-0.4, -0.2) is 27.8 Å². The molecule has 1 aromatic heterocycles. The smallest absolute Gasteiger partial charge is 0.262 e. The van der Waals surface area contributed by atoms with Gasteiger partial charge in [0.05, 0.1) is 10.9 Å². The largest absolute Gasteiger partial charge is 0.355 e. The van der Waals surface area contributed by atoms with Crippen molar-refractivity contribution in [2.45, 2.75) is 32.4 Å². The number of nitrogens with one attached hydrogen (secondary N) is 2. The van der Waals surface area contributed by atoms with Gasteiger partial charge in [0.2, 0.25) is 18.2 Å². The van der Waals surface area contributed by atoms with E-state index in [1.165, 1.54) is 4.57 Å². The van der Waals surface area contributed by atoms with Crippen molar-refractivity contribution in [2.75, 3.05) is 0 Å². The van der Waals surface area contributed by atoms with Crippen molar-refractivity contribution in [3.8, 4) is 0 Å². The Balaban J connectivity index is 2.18. The number of hydrogen-bond donors (Lipinski definition) is 2. The van der Waals surface area contributed by atoms with Crippen LogP contribution in [0.1, 0.15) is 30.3 Å². The summed E-state index contributed by atoms with van der Waals surface area (Å²) in [6.45, 7) is 1.84. The van der Waals surface area contributed by atoms with E-state index in [4.69, 9.17) is 0 Å². The Morgan fingerprint density at radius 1 is 1.38 bits per heavy atom. The summed E-state index contributed by atoms with van der Waals surface area (Å²) in [6, 6.07) is 4.43. The van der Waals surface area contributed by atoms with Crippen LogP contribution in [-0.2, 0) is 20.9 Å². The normalized spacial score (nSPS) is 17.6. The summed E-state index contributed by atoms with van der Waals surface area (Å²) >= 11 is 0. The third-order valence-corrected chi connectivity index (χ3v) is 4.09. The van der Waals surface area contributed by atoms with Crippen LogP contribution in [0, 0.1) is 6.92 Å². The summed E-state index contributed by atoms with van der Waals surface area (Å²) in [6.07, 6.45) is 0.987. The van der Waals surface area contributed by atoms with E-state index in [1.54, 1.807) is 25.1 Å². The minimum Gasteiger partial charge on any atom is -0.355 e. The summed E-state index contributed by atoms with van der Waals surface area (Å²) in [5, 5.41) is 5.15. The first-order chi connectivity index (χ1) is 11.5. The number of carbonyl (C=O) groups is 3. The maximum Gasteiger partial charge on any atom is 0.262 e. The van der Waals surface area contributed by atoms with Crippen molar-refractivity contribution in [3.05, 3.63) is 39.9 Å². The van der Waals surface area contributed by atoms with Crippen LogP contribution < -0.4 is 16.2 Å². The number of piperidine rings is 1. The summed E-state index contributed by atoms with van der Waals surface area (Å²) in [5.74, 6) is -0.435. The van der Waals surface area contributed by atoms with Gasteiger partial charge in [-0.05, 0) is 25.0 Å². The zero-order valence-corrected chi connectivity index (χ0v) is 13.0. The summed E-state index contributed by atoms with van der Waals surface area (Å²) in [7, 11) is 0. The van der Waals surface area contributed by atoms with Gasteiger partial charge in [-0.2, -0.15) is 0 Å². The number of benzene rings is 1. The van der Waals surface area contributed by atoms with E-state index in [9.17, 15) is 19.2 Å². The number of nitrogens with zero attached hydrogens (tertiary/aromatic N) is 2. The van der Waals surface area contributed by atoms with Gasteiger partial charge in [0.1, 0.15) is 11.9 Å². The van der Waals surface area contributed by atoms with Crippen LogP contribution >= 0.6 is 0 Å². The van der Waals surface area contributed by atoms with Gasteiger partial charge in [-0.25, -0.2) is 4.98 Å². The van der Waals surface area contributed by atoms with Crippen LogP contribution in [0.3, 0.4) is 0 Å². The molecule has 1 aromatic carbocycles. The molecule has 3 rings (SSSR count). The molecule has 1 fully saturated rings. The lowest BCUT2D eigenvalue weighted by atomic mass is 10.0. The lowest BCUT2D eigenvalue weighted by Crippen LogP contribution is -2.45. The zero-order chi connectivity index (χ0) is 17.3. The zero-order valence-electron chi connectivity index (χ0n) is 13.0. The second-order valence-electron chi connectivity index (χ2n) is 5.61. The highest BCUT2D eigenvalue weighted by molar-refractivity contribution is 5.99. The lowest BCUT2D eigenvalue weighted by molar-refractivity contribution is -0.135. The van der Waals surface area contributed by atoms with E-state index in [0.717, 1.165) is 0 Å². The number of carbonyl (C=O) groups excluding carboxylic acids is 3. The van der Waals surface area contributed by atoms with Crippen LogP contribution in [0.2, 0.25) is 0 Å². The Morgan fingerprint density at radius 3 is 2.88 bits per heavy atom. The van der Waals surface area contributed by atoms with E-state index in [0.29, 0.717) is 28.7 Å². The van der Waals surface area contributed by atoms with Gasteiger partial charge in [0.25, 0.3) is 5.56 Å². The van der Waals surface area contributed by atoms with Crippen LogP contribution in [0.5, 0.6) is 0 Å². The van der Waals surface area contributed by atoms with Crippen molar-refractivity contribution in [2.24, 2.45) is 0 Å². The van der Waals surface area contributed by atoms with Gasteiger partial charge < -0.3 is 5.32 Å².